The fourth-order valence-corrected chi connectivity index (χ4v) is 3.36. The van der Waals surface area contributed by atoms with Crippen molar-refractivity contribution in [2.45, 2.75) is 0 Å². The molecule has 0 fully saturated rings. The molecule has 3 aromatic rings. The van der Waals surface area contributed by atoms with Gasteiger partial charge >= 0.3 is 0 Å². The molecule has 0 aliphatic heterocycles. The second-order valence-corrected chi connectivity index (χ2v) is 6.02. The summed E-state index contributed by atoms with van der Waals surface area (Å²) >= 11 is 10.9. The van der Waals surface area contributed by atoms with Crippen LogP contribution in [-0.4, -0.2) is 9.38 Å². The number of imidazole rings is 1. The summed E-state index contributed by atoms with van der Waals surface area (Å²) in [5.41, 5.74) is 7.69. The van der Waals surface area contributed by atoms with Crippen LogP contribution in [0.15, 0.2) is 34.9 Å². The van der Waals surface area contributed by atoms with Crippen molar-refractivity contribution in [3.05, 3.63) is 39.3 Å². The largest absolute Gasteiger partial charge is 0.383 e. The maximum Gasteiger partial charge on any atom is 0.139 e. The third-order valence-electron chi connectivity index (χ3n) is 2.45. The highest BCUT2D eigenvalue weighted by Gasteiger charge is 2.14. The lowest BCUT2D eigenvalue weighted by Gasteiger charge is -1.95. The number of nitrogens with two attached hydrogens (primary N) is 1. The van der Waals surface area contributed by atoms with Gasteiger partial charge in [0, 0.05) is 10.7 Å². The lowest BCUT2D eigenvalue weighted by Crippen LogP contribution is -1.92. The molecule has 0 atom stereocenters. The van der Waals surface area contributed by atoms with E-state index in [2.05, 4.69) is 20.9 Å². The van der Waals surface area contributed by atoms with Crippen LogP contribution in [0, 0.1) is 0 Å². The summed E-state index contributed by atoms with van der Waals surface area (Å²) in [6, 6.07) is 7.71. The second kappa shape index (κ2) is 4.01. The van der Waals surface area contributed by atoms with Gasteiger partial charge in [0.15, 0.2) is 0 Å². The molecule has 86 valence electrons. The Bertz CT molecular complexity index is 684. The highest BCUT2D eigenvalue weighted by atomic mass is 79.9. The van der Waals surface area contributed by atoms with E-state index in [1.807, 2.05) is 34.9 Å². The average Bonchev–Trinajstić information content (AvgIpc) is 2.82. The number of fused-ring (bicyclic) bond motifs is 1. The van der Waals surface area contributed by atoms with E-state index < -0.39 is 0 Å². The number of hydrogen-bond acceptors (Lipinski definition) is 3. The molecule has 0 saturated heterocycles. The standard InChI is InChI=1S/C11H7BrClN3S/c12-6-5-7(17-10(6)13)9-11(14)16-4-2-1-3-8(16)15-9/h1-5H,14H2. The Hall–Kier alpha value is -1.04. The molecule has 0 saturated carbocycles. The zero-order chi connectivity index (χ0) is 12.0. The molecule has 3 rings (SSSR count). The quantitative estimate of drug-likeness (QED) is 0.732. The Morgan fingerprint density at radius 1 is 1.41 bits per heavy atom. The minimum Gasteiger partial charge on any atom is -0.383 e. The summed E-state index contributed by atoms with van der Waals surface area (Å²) in [6.45, 7) is 0. The molecule has 0 bridgehead atoms. The number of halogens is 2. The van der Waals surface area contributed by atoms with Crippen LogP contribution in [0.4, 0.5) is 5.82 Å². The Labute approximate surface area is 115 Å². The molecule has 6 heteroatoms. The van der Waals surface area contributed by atoms with Crippen LogP contribution in [-0.2, 0) is 0 Å². The van der Waals surface area contributed by atoms with Gasteiger partial charge in [-0.15, -0.1) is 11.3 Å². The molecule has 0 aliphatic rings. The molecule has 0 aromatic carbocycles. The van der Waals surface area contributed by atoms with Gasteiger partial charge in [-0.05, 0) is 34.1 Å². The first-order valence-electron chi connectivity index (χ1n) is 4.84. The molecule has 3 aromatic heterocycles. The molecule has 3 nitrogen and oxygen atoms in total. The Balaban J connectivity index is 2.27. The van der Waals surface area contributed by atoms with Gasteiger partial charge in [0.2, 0.25) is 0 Å². The van der Waals surface area contributed by atoms with Gasteiger partial charge in [0.1, 0.15) is 21.5 Å². The normalized spacial score (nSPS) is 11.2. The average molecular weight is 329 g/mol. The van der Waals surface area contributed by atoms with E-state index in [1.54, 1.807) is 0 Å². The molecule has 0 unspecified atom stereocenters. The SMILES string of the molecule is Nc1c(-c2cc(Br)c(Cl)s2)nc2ccccn12. The smallest absolute Gasteiger partial charge is 0.139 e. The lowest BCUT2D eigenvalue weighted by molar-refractivity contribution is 1.20. The number of thiophene rings is 1. The van der Waals surface area contributed by atoms with Crippen molar-refractivity contribution in [1.29, 1.82) is 0 Å². The number of hydrogen-bond donors (Lipinski definition) is 1. The third-order valence-corrected chi connectivity index (χ3v) is 4.93. The molecular weight excluding hydrogens is 322 g/mol. The van der Waals surface area contributed by atoms with Crippen LogP contribution in [0.25, 0.3) is 16.2 Å². The Kier molecular flexibility index (Phi) is 2.61. The first-order chi connectivity index (χ1) is 8.16. The second-order valence-electron chi connectivity index (χ2n) is 3.51. The minimum absolute atomic E-state index is 0.631. The third kappa shape index (κ3) is 1.74. The number of aromatic nitrogens is 2. The van der Waals surface area contributed by atoms with Crippen LogP contribution in [0.1, 0.15) is 0 Å². The number of nitrogen functional groups attached to an aromatic ring is 1. The van der Waals surface area contributed by atoms with E-state index in [4.69, 9.17) is 17.3 Å². The van der Waals surface area contributed by atoms with E-state index in [0.29, 0.717) is 10.2 Å². The molecule has 0 aliphatic carbocycles. The summed E-state index contributed by atoms with van der Waals surface area (Å²) in [4.78, 5) is 5.47. The van der Waals surface area contributed by atoms with E-state index in [9.17, 15) is 0 Å². The van der Waals surface area contributed by atoms with Crippen LogP contribution in [0.2, 0.25) is 4.34 Å². The maximum absolute atomic E-state index is 6.08. The summed E-state index contributed by atoms with van der Waals surface area (Å²) in [5, 5.41) is 0. The van der Waals surface area contributed by atoms with Crippen molar-refractivity contribution in [3.8, 4) is 10.6 Å². The molecular formula is C11H7BrClN3S. The van der Waals surface area contributed by atoms with Crippen molar-refractivity contribution in [1.82, 2.24) is 9.38 Å². The number of anilines is 1. The summed E-state index contributed by atoms with van der Waals surface area (Å²) < 4.78 is 3.43. The van der Waals surface area contributed by atoms with Gasteiger partial charge in [-0.1, -0.05) is 17.7 Å². The van der Waals surface area contributed by atoms with Crippen LogP contribution in [0.5, 0.6) is 0 Å². The predicted molar refractivity (Wildman–Crippen MR) is 75.6 cm³/mol. The zero-order valence-corrected chi connectivity index (χ0v) is 11.7. The molecule has 2 N–H and O–H groups in total. The molecule has 0 spiro atoms. The summed E-state index contributed by atoms with van der Waals surface area (Å²) in [7, 11) is 0. The highest BCUT2D eigenvalue weighted by molar-refractivity contribution is 9.10. The van der Waals surface area contributed by atoms with Gasteiger partial charge in [-0.3, -0.25) is 4.40 Å². The van der Waals surface area contributed by atoms with E-state index in [-0.39, 0.29) is 0 Å². The highest BCUT2D eigenvalue weighted by Crippen LogP contribution is 2.39. The molecule has 0 radical (unpaired) electrons. The van der Waals surface area contributed by atoms with E-state index >= 15 is 0 Å². The molecule has 17 heavy (non-hydrogen) atoms. The Morgan fingerprint density at radius 2 is 2.24 bits per heavy atom. The van der Waals surface area contributed by atoms with Crippen LogP contribution in [0.3, 0.4) is 0 Å². The number of rotatable bonds is 1. The topological polar surface area (TPSA) is 43.3 Å². The van der Waals surface area contributed by atoms with Crippen LogP contribution < -0.4 is 5.73 Å². The van der Waals surface area contributed by atoms with Crippen molar-refractivity contribution in [2.75, 3.05) is 5.73 Å². The van der Waals surface area contributed by atoms with Gasteiger partial charge in [0.05, 0.1) is 4.88 Å². The first kappa shape index (κ1) is 11.1. The first-order valence-corrected chi connectivity index (χ1v) is 6.83. The van der Waals surface area contributed by atoms with Gasteiger partial charge in [-0.2, -0.15) is 0 Å². The molecule has 0 amide bonds. The lowest BCUT2D eigenvalue weighted by atomic mass is 10.3. The minimum atomic E-state index is 0.631. The maximum atomic E-state index is 6.08. The van der Waals surface area contributed by atoms with Crippen molar-refractivity contribution in [3.63, 3.8) is 0 Å². The Morgan fingerprint density at radius 3 is 2.88 bits per heavy atom. The van der Waals surface area contributed by atoms with Gasteiger partial charge in [-0.25, -0.2) is 4.98 Å². The number of nitrogens with zero attached hydrogens (tertiary/aromatic N) is 2. The van der Waals surface area contributed by atoms with Crippen molar-refractivity contribution < 1.29 is 0 Å². The van der Waals surface area contributed by atoms with Crippen molar-refractivity contribution >= 4 is 50.3 Å². The fraction of sp³-hybridized carbons (Fsp3) is 0. The monoisotopic (exact) mass is 327 g/mol. The van der Waals surface area contributed by atoms with Crippen molar-refractivity contribution in [2.24, 2.45) is 0 Å². The summed E-state index contributed by atoms with van der Waals surface area (Å²) in [6.07, 6.45) is 1.89. The number of pyridine rings is 1. The summed E-state index contributed by atoms with van der Waals surface area (Å²) in [5.74, 6) is 0.631. The predicted octanol–water partition coefficient (Wildman–Crippen LogP) is 4.06. The fourth-order valence-electron chi connectivity index (χ4n) is 1.66. The zero-order valence-electron chi connectivity index (χ0n) is 8.52. The van der Waals surface area contributed by atoms with E-state index in [0.717, 1.165) is 20.7 Å². The van der Waals surface area contributed by atoms with Crippen LogP contribution >= 0.6 is 38.9 Å². The van der Waals surface area contributed by atoms with Gasteiger partial charge in [0.25, 0.3) is 0 Å². The van der Waals surface area contributed by atoms with E-state index in [1.165, 1.54) is 11.3 Å². The molecule has 3 heterocycles. The van der Waals surface area contributed by atoms with Gasteiger partial charge < -0.3 is 5.73 Å².